The van der Waals surface area contributed by atoms with Gasteiger partial charge in [-0.2, -0.15) is 0 Å². The van der Waals surface area contributed by atoms with Gasteiger partial charge < -0.3 is 9.52 Å². The number of aryl methyl sites for hydroxylation is 1. The van der Waals surface area contributed by atoms with Crippen molar-refractivity contribution in [2.24, 2.45) is 0 Å². The van der Waals surface area contributed by atoms with Crippen molar-refractivity contribution in [3.63, 3.8) is 0 Å². The van der Waals surface area contributed by atoms with E-state index in [9.17, 15) is 0 Å². The number of aliphatic hydroxyl groups excluding tert-OH is 1. The van der Waals surface area contributed by atoms with E-state index in [1.807, 2.05) is 25.1 Å². The quantitative estimate of drug-likeness (QED) is 0.759. The minimum absolute atomic E-state index is 0.0753. The zero-order valence-electron chi connectivity index (χ0n) is 7.45. The molecule has 0 saturated heterocycles. The Morgan fingerprint density at radius 3 is 3.00 bits per heavy atom. The molecule has 0 fully saturated rings. The van der Waals surface area contributed by atoms with Crippen molar-refractivity contribution in [1.82, 2.24) is 4.98 Å². The zero-order chi connectivity index (χ0) is 9.26. The molecule has 1 N–H and O–H groups in total. The third-order valence-electron chi connectivity index (χ3n) is 1.99. The van der Waals surface area contributed by atoms with Crippen molar-refractivity contribution >= 4 is 11.1 Å². The van der Waals surface area contributed by atoms with Gasteiger partial charge in [-0.25, -0.2) is 4.98 Å². The first kappa shape index (κ1) is 8.26. The van der Waals surface area contributed by atoms with Gasteiger partial charge >= 0.3 is 0 Å². The van der Waals surface area contributed by atoms with E-state index in [2.05, 4.69) is 4.98 Å². The highest BCUT2D eigenvalue weighted by Crippen LogP contribution is 2.18. The highest BCUT2D eigenvalue weighted by atomic mass is 16.3. The molecule has 3 heteroatoms. The summed E-state index contributed by atoms with van der Waals surface area (Å²) in [5.74, 6) is 0.604. The normalized spacial score (nSPS) is 10.9. The molecular formula is C10H11NO2. The fourth-order valence-corrected chi connectivity index (χ4v) is 1.33. The van der Waals surface area contributed by atoms with Crippen molar-refractivity contribution in [1.29, 1.82) is 0 Å². The average molecular weight is 177 g/mol. The molecule has 0 aliphatic rings. The summed E-state index contributed by atoms with van der Waals surface area (Å²) in [6.07, 6.45) is 0.480. The molecule has 0 bridgehead atoms. The summed E-state index contributed by atoms with van der Waals surface area (Å²) in [6, 6.07) is 5.81. The Morgan fingerprint density at radius 2 is 2.31 bits per heavy atom. The van der Waals surface area contributed by atoms with Crippen LogP contribution in [0.5, 0.6) is 0 Å². The fraction of sp³-hybridized carbons (Fsp3) is 0.300. The lowest BCUT2D eigenvalue weighted by atomic mass is 10.2. The number of nitrogens with zero attached hydrogens (tertiary/aromatic N) is 1. The average Bonchev–Trinajstić information content (AvgIpc) is 2.49. The van der Waals surface area contributed by atoms with Crippen LogP contribution in [0.25, 0.3) is 11.1 Å². The van der Waals surface area contributed by atoms with Gasteiger partial charge in [0, 0.05) is 6.42 Å². The smallest absolute Gasteiger partial charge is 0.197 e. The van der Waals surface area contributed by atoms with Gasteiger partial charge in [-0.3, -0.25) is 0 Å². The van der Waals surface area contributed by atoms with Crippen LogP contribution in [-0.4, -0.2) is 16.7 Å². The Morgan fingerprint density at radius 1 is 1.46 bits per heavy atom. The van der Waals surface area contributed by atoms with Crippen LogP contribution in [0.2, 0.25) is 0 Å². The standard InChI is InChI=1S/C10H11NO2/c1-7-3-2-4-8-10(7)11-9(13-8)5-6-12/h2-4,12H,5-6H2,1H3. The van der Waals surface area contributed by atoms with Gasteiger partial charge in [0.15, 0.2) is 11.5 Å². The highest BCUT2D eigenvalue weighted by molar-refractivity contribution is 5.76. The van der Waals surface area contributed by atoms with Gasteiger partial charge in [0.1, 0.15) is 5.52 Å². The fourth-order valence-electron chi connectivity index (χ4n) is 1.33. The monoisotopic (exact) mass is 177 g/mol. The highest BCUT2D eigenvalue weighted by Gasteiger charge is 2.05. The minimum atomic E-state index is 0.0753. The molecule has 0 atom stereocenters. The Hall–Kier alpha value is -1.35. The number of hydrogen-bond acceptors (Lipinski definition) is 3. The molecule has 3 nitrogen and oxygen atoms in total. The molecule has 0 unspecified atom stereocenters. The van der Waals surface area contributed by atoms with Gasteiger partial charge in [0.2, 0.25) is 0 Å². The van der Waals surface area contributed by atoms with E-state index in [1.165, 1.54) is 0 Å². The van der Waals surface area contributed by atoms with Crippen LogP contribution in [0.4, 0.5) is 0 Å². The first-order valence-electron chi connectivity index (χ1n) is 4.27. The maximum absolute atomic E-state index is 8.71. The number of aromatic nitrogens is 1. The molecule has 1 heterocycles. The second-order valence-corrected chi connectivity index (χ2v) is 3.00. The van der Waals surface area contributed by atoms with Crippen LogP contribution in [0, 0.1) is 6.92 Å². The summed E-state index contributed by atoms with van der Waals surface area (Å²) >= 11 is 0. The predicted octanol–water partition coefficient (Wildman–Crippen LogP) is 1.67. The van der Waals surface area contributed by atoms with E-state index in [0.29, 0.717) is 12.3 Å². The first-order valence-corrected chi connectivity index (χ1v) is 4.27. The van der Waals surface area contributed by atoms with Crippen LogP contribution >= 0.6 is 0 Å². The molecule has 13 heavy (non-hydrogen) atoms. The third-order valence-corrected chi connectivity index (χ3v) is 1.99. The van der Waals surface area contributed by atoms with Crippen molar-refractivity contribution in [3.05, 3.63) is 29.7 Å². The van der Waals surface area contributed by atoms with E-state index in [1.54, 1.807) is 0 Å². The summed E-state index contributed by atoms with van der Waals surface area (Å²) in [6.45, 7) is 2.07. The summed E-state index contributed by atoms with van der Waals surface area (Å²) in [5, 5.41) is 8.71. The Labute approximate surface area is 76.0 Å². The molecule has 1 aromatic heterocycles. The lowest BCUT2D eigenvalue weighted by Gasteiger charge is -1.88. The number of rotatable bonds is 2. The molecule has 2 aromatic rings. The molecule has 1 aromatic carbocycles. The number of para-hydroxylation sites is 1. The maximum atomic E-state index is 8.71. The number of aliphatic hydroxyl groups is 1. The molecule has 0 saturated carbocycles. The molecule has 2 rings (SSSR count). The lowest BCUT2D eigenvalue weighted by Crippen LogP contribution is -1.89. The van der Waals surface area contributed by atoms with Crippen molar-refractivity contribution in [3.8, 4) is 0 Å². The second-order valence-electron chi connectivity index (χ2n) is 3.00. The summed E-state index contributed by atoms with van der Waals surface area (Å²) in [7, 11) is 0. The summed E-state index contributed by atoms with van der Waals surface area (Å²) in [4.78, 5) is 4.28. The summed E-state index contributed by atoms with van der Waals surface area (Å²) < 4.78 is 5.42. The SMILES string of the molecule is Cc1cccc2oc(CCO)nc12. The molecule has 0 aliphatic carbocycles. The van der Waals surface area contributed by atoms with Crippen LogP contribution in [-0.2, 0) is 6.42 Å². The van der Waals surface area contributed by atoms with Crippen LogP contribution < -0.4 is 0 Å². The number of hydrogen-bond donors (Lipinski definition) is 1. The molecule has 0 radical (unpaired) electrons. The van der Waals surface area contributed by atoms with Gasteiger partial charge in [-0.05, 0) is 18.6 Å². The van der Waals surface area contributed by atoms with E-state index in [4.69, 9.17) is 9.52 Å². The Bertz CT molecular complexity index is 420. The van der Waals surface area contributed by atoms with Crippen LogP contribution in [0.1, 0.15) is 11.5 Å². The van der Waals surface area contributed by atoms with Crippen molar-refractivity contribution in [2.45, 2.75) is 13.3 Å². The lowest BCUT2D eigenvalue weighted by molar-refractivity contribution is 0.287. The van der Waals surface area contributed by atoms with E-state index in [0.717, 1.165) is 16.7 Å². The first-order chi connectivity index (χ1) is 6.31. The summed E-state index contributed by atoms with van der Waals surface area (Å²) in [5.41, 5.74) is 2.79. The molecule has 0 aliphatic heterocycles. The minimum Gasteiger partial charge on any atom is -0.441 e. The molecule has 0 amide bonds. The topological polar surface area (TPSA) is 46.3 Å². The largest absolute Gasteiger partial charge is 0.441 e. The van der Waals surface area contributed by atoms with Crippen LogP contribution in [0.15, 0.2) is 22.6 Å². The van der Waals surface area contributed by atoms with Crippen molar-refractivity contribution < 1.29 is 9.52 Å². The Balaban J connectivity index is 2.55. The number of benzene rings is 1. The van der Waals surface area contributed by atoms with Gasteiger partial charge in [0.25, 0.3) is 0 Å². The predicted molar refractivity (Wildman–Crippen MR) is 49.5 cm³/mol. The van der Waals surface area contributed by atoms with Gasteiger partial charge in [0.05, 0.1) is 6.61 Å². The zero-order valence-corrected chi connectivity index (χ0v) is 7.45. The Kier molecular flexibility index (Phi) is 2.02. The number of oxazole rings is 1. The van der Waals surface area contributed by atoms with Crippen LogP contribution in [0.3, 0.4) is 0 Å². The molecular weight excluding hydrogens is 166 g/mol. The maximum Gasteiger partial charge on any atom is 0.197 e. The van der Waals surface area contributed by atoms with E-state index < -0.39 is 0 Å². The third kappa shape index (κ3) is 1.42. The number of fused-ring (bicyclic) bond motifs is 1. The van der Waals surface area contributed by atoms with Gasteiger partial charge in [-0.15, -0.1) is 0 Å². The van der Waals surface area contributed by atoms with Gasteiger partial charge in [-0.1, -0.05) is 12.1 Å². The van der Waals surface area contributed by atoms with E-state index >= 15 is 0 Å². The molecule has 68 valence electrons. The second kappa shape index (κ2) is 3.18. The molecule has 0 spiro atoms. The van der Waals surface area contributed by atoms with E-state index in [-0.39, 0.29) is 6.61 Å². The van der Waals surface area contributed by atoms with Crippen molar-refractivity contribution in [2.75, 3.05) is 6.61 Å².